The molecule has 0 N–H and O–H groups in total. The quantitative estimate of drug-likeness (QED) is 0.641. The average molecular weight is 163 g/mol. The Bertz CT molecular complexity index is 372. The zero-order chi connectivity index (χ0) is 8.39. The minimum atomic E-state index is -0.415. The first-order valence-electron chi connectivity index (χ1n) is 3.29. The van der Waals surface area contributed by atoms with E-state index < -0.39 is 5.82 Å². The van der Waals surface area contributed by atoms with Gasteiger partial charge < -0.3 is 4.42 Å². The van der Waals surface area contributed by atoms with E-state index in [4.69, 9.17) is 4.42 Å². The van der Waals surface area contributed by atoms with Gasteiger partial charge in [0.05, 0.1) is 11.8 Å². The SMILES string of the molecule is Fc1ccn[c]c1-c1cnco1. The van der Waals surface area contributed by atoms with Crippen molar-refractivity contribution in [1.29, 1.82) is 0 Å². The van der Waals surface area contributed by atoms with E-state index in [1.165, 1.54) is 24.9 Å². The van der Waals surface area contributed by atoms with Gasteiger partial charge in [0.1, 0.15) is 12.0 Å². The van der Waals surface area contributed by atoms with Gasteiger partial charge in [0.15, 0.2) is 12.2 Å². The van der Waals surface area contributed by atoms with Crippen molar-refractivity contribution in [3.8, 4) is 11.3 Å². The van der Waals surface area contributed by atoms with E-state index in [-0.39, 0.29) is 5.56 Å². The van der Waals surface area contributed by atoms with E-state index in [0.29, 0.717) is 5.76 Å². The summed E-state index contributed by atoms with van der Waals surface area (Å²) in [6.07, 6.45) is 6.45. The van der Waals surface area contributed by atoms with Gasteiger partial charge in [-0.15, -0.1) is 0 Å². The minimum Gasteiger partial charge on any atom is -0.443 e. The van der Waals surface area contributed by atoms with E-state index in [1.807, 2.05) is 0 Å². The fourth-order valence-corrected chi connectivity index (χ4v) is 0.853. The van der Waals surface area contributed by atoms with Crippen LogP contribution in [0, 0.1) is 12.0 Å². The van der Waals surface area contributed by atoms with Crippen molar-refractivity contribution in [3.05, 3.63) is 36.9 Å². The third-order valence-corrected chi connectivity index (χ3v) is 1.39. The molecule has 59 valence electrons. The molecule has 0 saturated heterocycles. The first-order chi connectivity index (χ1) is 5.88. The van der Waals surface area contributed by atoms with Crippen molar-refractivity contribution in [1.82, 2.24) is 9.97 Å². The second kappa shape index (κ2) is 2.73. The summed E-state index contributed by atoms with van der Waals surface area (Å²) in [6, 6.07) is 1.24. The molecular formula is C8H4FN2O. The second-order valence-electron chi connectivity index (χ2n) is 2.15. The number of nitrogens with zero attached hydrogens (tertiary/aromatic N) is 2. The first-order valence-corrected chi connectivity index (χ1v) is 3.29. The van der Waals surface area contributed by atoms with Crippen molar-refractivity contribution in [2.24, 2.45) is 0 Å². The van der Waals surface area contributed by atoms with Crippen LogP contribution in [-0.4, -0.2) is 9.97 Å². The molecule has 1 radical (unpaired) electrons. The van der Waals surface area contributed by atoms with Crippen LogP contribution in [0.4, 0.5) is 4.39 Å². The van der Waals surface area contributed by atoms with E-state index >= 15 is 0 Å². The Balaban J connectivity index is 2.55. The number of oxazole rings is 1. The number of hydrogen-bond donors (Lipinski definition) is 0. The maximum absolute atomic E-state index is 13.0. The molecule has 0 aliphatic carbocycles. The lowest BCUT2D eigenvalue weighted by Gasteiger charge is -1.94. The van der Waals surface area contributed by atoms with Crippen molar-refractivity contribution < 1.29 is 8.81 Å². The van der Waals surface area contributed by atoms with Gasteiger partial charge in [0.25, 0.3) is 0 Å². The van der Waals surface area contributed by atoms with Gasteiger partial charge in [-0.05, 0) is 6.07 Å². The monoisotopic (exact) mass is 163 g/mol. The average Bonchev–Trinajstić information content (AvgIpc) is 2.57. The second-order valence-corrected chi connectivity index (χ2v) is 2.15. The zero-order valence-electron chi connectivity index (χ0n) is 5.99. The highest BCUT2D eigenvalue weighted by atomic mass is 19.1. The third kappa shape index (κ3) is 1.07. The summed E-state index contributed by atoms with van der Waals surface area (Å²) < 4.78 is 17.9. The van der Waals surface area contributed by atoms with E-state index in [9.17, 15) is 4.39 Å². The summed E-state index contributed by atoms with van der Waals surface area (Å²) in [7, 11) is 0. The molecule has 2 rings (SSSR count). The number of aromatic nitrogens is 2. The summed E-state index contributed by atoms with van der Waals surface area (Å²) in [5.41, 5.74) is 0.204. The maximum Gasteiger partial charge on any atom is 0.181 e. The Kier molecular flexibility index (Phi) is 1.59. The molecular weight excluding hydrogens is 159 g/mol. The molecule has 0 aromatic carbocycles. The van der Waals surface area contributed by atoms with Gasteiger partial charge in [-0.3, -0.25) is 4.98 Å². The number of halogens is 1. The Morgan fingerprint density at radius 2 is 2.42 bits per heavy atom. The summed E-state index contributed by atoms with van der Waals surface area (Å²) in [4.78, 5) is 7.31. The Morgan fingerprint density at radius 3 is 3.08 bits per heavy atom. The lowest BCUT2D eigenvalue weighted by molar-refractivity contribution is 0.560. The molecule has 0 unspecified atom stereocenters. The standard InChI is InChI=1S/C8H4FN2O/c9-7-1-2-10-3-6(7)8-4-11-5-12-8/h1-2,4-5H. The van der Waals surface area contributed by atoms with E-state index in [2.05, 4.69) is 16.2 Å². The number of hydrogen-bond acceptors (Lipinski definition) is 3. The van der Waals surface area contributed by atoms with Gasteiger partial charge in [-0.2, -0.15) is 0 Å². The minimum absolute atomic E-state index is 0.204. The van der Waals surface area contributed by atoms with Gasteiger partial charge >= 0.3 is 0 Å². The molecule has 2 aromatic rings. The fourth-order valence-electron chi connectivity index (χ4n) is 0.853. The fraction of sp³-hybridized carbons (Fsp3) is 0. The highest BCUT2D eigenvalue weighted by molar-refractivity contribution is 5.54. The Labute approximate surface area is 67.9 Å². The van der Waals surface area contributed by atoms with Crippen molar-refractivity contribution >= 4 is 0 Å². The summed E-state index contributed by atoms with van der Waals surface area (Å²) >= 11 is 0. The van der Waals surface area contributed by atoms with Crippen molar-refractivity contribution in [3.63, 3.8) is 0 Å². The first kappa shape index (κ1) is 6.97. The van der Waals surface area contributed by atoms with Gasteiger partial charge in [0, 0.05) is 6.20 Å². The third-order valence-electron chi connectivity index (χ3n) is 1.39. The van der Waals surface area contributed by atoms with Crippen LogP contribution in [0.3, 0.4) is 0 Å². The predicted molar refractivity (Wildman–Crippen MR) is 38.5 cm³/mol. The van der Waals surface area contributed by atoms with Crippen LogP contribution in [-0.2, 0) is 0 Å². The van der Waals surface area contributed by atoms with Crippen LogP contribution >= 0.6 is 0 Å². The molecule has 3 nitrogen and oxygen atoms in total. The number of pyridine rings is 1. The molecule has 0 bridgehead atoms. The highest BCUT2D eigenvalue weighted by Crippen LogP contribution is 2.19. The smallest absolute Gasteiger partial charge is 0.181 e. The summed E-state index contributed by atoms with van der Waals surface area (Å²) in [5.74, 6) is -0.0812. The van der Waals surface area contributed by atoms with Crippen LogP contribution in [0.15, 0.2) is 29.3 Å². The van der Waals surface area contributed by atoms with Crippen molar-refractivity contribution in [2.45, 2.75) is 0 Å². The van der Waals surface area contributed by atoms with Gasteiger partial charge in [-0.25, -0.2) is 9.37 Å². The molecule has 0 aliphatic rings. The van der Waals surface area contributed by atoms with E-state index in [1.54, 1.807) is 0 Å². The Hall–Kier alpha value is -1.71. The molecule has 0 spiro atoms. The zero-order valence-corrected chi connectivity index (χ0v) is 5.99. The summed E-state index contributed by atoms with van der Waals surface area (Å²) in [5, 5.41) is 0. The Morgan fingerprint density at radius 1 is 1.50 bits per heavy atom. The topological polar surface area (TPSA) is 38.9 Å². The van der Waals surface area contributed by atoms with Crippen LogP contribution < -0.4 is 0 Å². The molecule has 12 heavy (non-hydrogen) atoms. The molecule has 2 aromatic heterocycles. The molecule has 0 atom stereocenters. The number of rotatable bonds is 1. The molecule has 0 fully saturated rings. The van der Waals surface area contributed by atoms with Crippen LogP contribution in [0.1, 0.15) is 0 Å². The van der Waals surface area contributed by atoms with Gasteiger partial charge in [-0.1, -0.05) is 0 Å². The normalized spacial score (nSPS) is 10.1. The van der Waals surface area contributed by atoms with Crippen molar-refractivity contribution in [2.75, 3.05) is 0 Å². The maximum atomic E-state index is 13.0. The molecule has 0 saturated carbocycles. The largest absolute Gasteiger partial charge is 0.443 e. The lowest BCUT2D eigenvalue weighted by Crippen LogP contribution is -1.83. The molecule has 0 aliphatic heterocycles. The molecule has 0 amide bonds. The highest BCUT2D eigenvalue weighted by Gasteiger charge is 2.07. The van der Waals surface area contributed by atoms with Gasteiger partial charge in [0.2, 0.25) is 0 Å². The summed E-state index contributed by atoms with van der Waals surface area (Å²) in [6.45, 7) is 0. The molecule has 2 heterocycles. The van der Waals surface area contributed by atoms with Crippen LogP contribution in [0.25, 0.3) is 11.3 Å². The predicted octanol–water partition coefficient (Wildman–Crippen LogP) is 1.68. The lowest BCUT2D eigenvalue weighted by atomic mass is 10.2. The van der Waals surface area contributed by atoms with E-state index in [0.717, 1.165) is 0 Å². The molecule has 4 heteroatoms. The van der Waals surface area contributed by atoms with Crippen LogP contribution in [0.2, 0.25) is 0 Å². The van der Waals surface area contributed by atoms with Crippen LogP contribution in [0.5, 0.6) is 0 Å².